The monoisotopic (exact) mass is 235 g/mol. The van der Waals surface area contributed by atoms with Crippen molar-refractivity contribution in [3.63, 3.8) is 0 Å². The van der Waals surface area contributed by atoms with Crippen molar-refractivity contribution in [2.45, 2.75) is 19.9 Å². The topological polar surface area (TPSA) is 85.8 Å². The van der Waals surface area contributed by atoms with E-state index in [4.69, 9.17) is 5.11 Å². The highest BCUT2D eigenvalue weighted by atomic mass is 16.4. The summed E-state index contributed by atoms with van der Waals surface area (Å²) in [7, 11) is 1.92. The van der Waals surface area contributed by atoms with Gasteiger partial charge in [0.15, 0.2) is 5.69 Å². The lowest BCUT2D eigenvalue weighted by Crippen LogP contribution is -2.09. The Hall–Kier alpha value is -2.18. The van der Waals surface area contributed by atoms with Gasteiger partial charge in [-0.15, -0.1) is 5.10 Å². The van der Waals surface area contributed by atoms with Gasteiger partial charge in [-0.25, -0.2) is 14.5 Å². The number of hydrogen-bond donors (Lipinski definition) is 1. The molecule has 2 aromatic heterocycles. The van der Waals surface area contributed by atoms with Gasteiger partial charge in [-0.1, -0.05) is 5.21 Å². The van der Waals surface area contributed by atoms with Crippen LogP contribution in [-0.4, -0.2) is 35.6 Å². The highest BCUT2D eigenvalue weighted by Gasteiger charge is 2.14. The Morgan fingerprint density at radius 3 is 2.82 bits per heavy atom. The highest BCUT2D eigenvalue weighted by Crippen LogP contribution is 2.05. The van der Waals surface area contributed by atoms with E-state index in [1.165, 1.54) is 0 Å². The summed E-state index contributed by atoms with van der Waals surface area (Å²) in [6.45, 7) is 2.26. The molecule has 1 N–H and O–H groups in total. The first-order chi connectivity index (χ1) is 8.09. The van der Waals surface area contributed by atoms with Crippen molar-refractivity contribution in [3.05, 3.63) is 29.6 Å². The molecule has 2 heterocycles. The fourth-order valence-electron chi connectivity index (χ4n) is 1.61. The Morgan fingerprint density at radius 1 is 1.53 bits per heavy atom. The Labute approximate surface area is 97.7 Å². The molecule has 2 rings (SSSR count). The molecule has 7 nitrogen and oxygen atoms in total. The number of nitrogens with zero attached hydrogens (tertiary/aromatic N) is 5. The molecular formula is C10H13N5O2. The van der Waals surface area contributed by atoms with Gasteiger partial charge in [-0.2, -0.15) is 0 Å². The first-order valence-electron chi connectivity index (χ1n) is 5.19. The number of carboxylic acids is 1. The minimum Gasteiger partial charge on any atom is -0.476 e. The second-order valence-corrected chi connectivity index (χ2v) is 3.76. The molecule has 7 heteroatoms. The summed E-state index contributed by atoms with van der Waals surface area (Å²) in [6.07, 6.45) is 4.28. The maximum atomic E-state index is 10.8. The third-order valence-electron chi connectivity index (χ3n) is 2.65. The van der Waals surface area contributed by atoms with Crippen LogP contribution < -0.4 is 0 Å². The molecular weight excluding hydrogens is 222 g/mol. The van der Waals surface area contributed by atoms with Crippen LogP contribution in [0.1, 0.15) is 22.0 Å². The molecule has 0 aromatic carbocycles. The summed E-state index contributed by atoms with van der Waals surface area (Å²) in [5.74, 6) is -0.123. The van der Waals surface area contributed by atoms with Gasteiger partial charge in [0.1, 0.15) is 5.82 Å². The Bertz CT molecular complexity index is 543. The molecule has 0 unspecified atom stereocenters. The maximum absolute atomic E-state index is 10.8. The molecule has 0 spiro atoms. The fourth-order valence-corrected chi connectivity index (χ4v) is 1.61. The van der Waals surface area contributed by atoms with Crippen molar-refractivity contribution >= 4 is 5.97 Å². The predicted molar refractivity (Wildman–Crippen MR) is 58.6 cm³/mol. The number of aromatic carboxylic acids is 1. The van der Waals surface area contributed by atoms with Gasteiger partial charge in [0.05, 0.1) is 12.2 Å². The average Bonchev–Trinajstić information content (AvgIpc) is 2.82. The van der Waals surface area contributed by atoms with Gasteiger partial charge in [0.25, 0.3) is 0 Å². The predicted octanol–water partition coefficient (Wildman–Crippen LogP) is 0.261. The molecule has 0 aliphatic carbocycles. The number of carbonyl (C=O) groups is 1. The smallest absolute Gasteiger partial charge is 0.358 e. The average molecular weight is 235 g/mol. The number of aryl methyl sites for hydroxylation is 3. The minimum absolute atomic E-state index is 0.00448. The van der Waals surface area contributed by atoms with E-state index in [2.05, 4.69) is 15.3 Å². The number of imidazole rings is 1. The quantitative estimate of drug-likeness (QED) is 0.821. The lowest BCUT2D eigenvalue weighted by molar-refractivity contribution is 0.0689. The molecule has 0 bridgehead atoms. The largest absolute Gasteiger partial charge is 0.476 e. The first kappa shape index (κ1) is 11.3. The van der Waals surface area contributed by atoms with Crippen LogP contribution in [0.2, 0.25) is 0 Å². The zero-order chi connectivity index (χ0) is 12.4. The summed E-state index contributed by atoms with van der Waals surface area (Å²) in [4.78, 5) is 15.0. The highest BCUT2D eigenvalue weighted by molar-refractivity contribution is 5.86. The maximum Gasteiger partial charge on any atom is 0.358 e. The molecule has 0 radical (unpaired) electrons. The standard InChI is InChI=1S/C10H13N5O2/c1-7-9(10(16)17)12-13-15(7)5-3-8-11-4-6-14(8)2/h4,6H,3,5H2,1-2H3,(H,16,17). The van der Waals surface area contributed by atoms with Crippen LogP contribution in [0.5, 0.6) is 0 Å². The molecule has 0 saturated heterocycles. The number of aromatic nitrogens is 5. The van der Waals surface area contributed by atoms with Crippen molar-refractivity contribution in [2.24, 2.45) is 7.05 Å². The number of hydrogen-bond acceptors (Lipinski definition) is 4. The number of rotatable bonds is 4. The van der Waals surface area contributed by atoms with E-state index in [1.54, 1.807) is 17.8 Å². The van der Waals surface area contributed by atoms with Gasteiger partial charge >= 0.3 is 5.97 Å². The SMILES string of the molecule is Cc1c(C(=O)O)nnn1CCc1nccn1C. The van der Waals surface area contributed by atoms with Gasteiger partial charge < -0.3 is 9.67 Å². The van der Waals surface area contributed by atoms with Gasteiger partial charge in [-0.05, 0) is 6.92 Å². The van der Waals surface area contributed by atoms with Crippen LogP contribution in [0.3, 0.4) is 0 Å². The van der Waals surface area contributed by atoms with Crippen molar-refractivity contribution < 1.29 is 9.90 Å². The minimum atomic E-state index is -1.05. The molecule has 0 saturated carbocycles. The summed E-state index contributed by atoms with van der Waals surface area (Å²) in [5.41, 5.74) is 0.566. The van der Waals surface area contributed by atoms with E-state index in [0.29, 0.717) is 18.7 Å². The summed E-state index contributed by atoms with van der Waals surface area (Å²) < 4.78 is 3.50. The van der Waals surface area contributed by atoms with Crippen LogP contribution in [-0.2, 0) is 20.0 Å². The van der Waals surface area contributed by atoms with Crippen molar-refractivity contribution in [1.29, 1.82) is 0 Å². The van der Waals surface area contributed by atoms with Crippen LogP contribution in [0.25, 0.3) is 0 Å². The molecule has 0 fully saturated rings. The Kier molecular flexibility index (Phi) is 2.90. The summed E-state index contributed by atoms with van der Waals surface area (Å²) >= 11 is 0. The second kappa shape index (κ2) is 4.36. The van der Waals surface area contributed by atoms with Crippen molar-refractivity contribution in [1.82, 2.24) is 24.5 Å². The lowest BCUT2D eigenvalue weighted by atomic mass is 10.3. The fraction of sp³-hybridized carbons (Fsp3) is 0.400. The zero-order valence-electron chi connectivity index (χ0n) is 9.66. The van der Waals surface area contributed by atoms with E-state index in [1.807, 2.05) is 17.8 Å². The molecule has 0 aliphatic rings. The van der Waals surface area contributed by atoms with E-state index in [0.717, 1.165) is 5.82 Å². The Balaban J connectivity index is 2.10. The number of carboxylic acid groups (broad SMARTS) is 1. The summed E-state index contributed by atoms with van der Waals surface area (Å²) in [5, 5.41) is 16.3. The zero-order valence-corrected chi connectivity index (χ0v) is 9.66. The lowest BCUT2D eigenvalue weighted by Gasteiger charge is -2.03. The van der Waals surface area contributed by atoms with Crippen LogP contribution in [0.4, 0.5) is 0 Å². The molecule has 0 atom stereocenters. The molecule has 2 aromatic rings. The van der Waals surface area contributed by atoms with E-state index in [-0.39, 0.29) is 5.69 Å². The van der Waals surface area contributed by atoms with Crippen LogP contribution in [0.15, 0.2) is 12.4 Å². The third kappa shape index (κ3) is 2.17. The van der Waals surface area contributed by atoms with Gasteiger partial charge in [0.2, 0.25) is 0 Å². The van der Waals surface area contributed by atoms with E-state index in [9.17, 15) is 4.79 Å². The van der Waals surface area contributed by atoms with Gasteiger partial charge in [0, 0.05) is 25.9 Å². The van der Waals surface area contributed by atoms with Crippen molar-refractivity contribution in [3.8, 4) is 0 Å². The van der Waals surface area contributed by atoms with E-state index >= 15 is 0 Å². The van der Waals surface area contributed by atoms with Gasteiger partial charge in [-0.3, -0.25) is 0 Å². The molecule has 0 amide bonds. The first-order valence-corrected chi connectivity index (χ1v) is 5.19. The van der Waals surface area contributed by atoms with Crippen molar-refractivity contribution in [2.75, 3.05) is 0 Å². The molecule has 90 valence electrons. The molecule has 17 heavy (non-hydrogen) atoms. The summed E-state index contributed by atoms with van der Waals surface area (Å²) in [6, 6.07) is 0. The second-order valence-electron chi connectivity index (χ2n) is 3.76. The van der Waals surface area contributed by atoms with Crippen LogP contribution in [0, 0.1) is 6.92 Å². The normalized spacial score (nSPS) is 10.7. The van der Waals surface area contributed by atoms with E-state index < -0.39 is 5.97 Å². The Morgan fingerprint density at radius 2 is 2.29 bits per heavy atom. The third-order valence-corrected chi connectivity index (χ3v) is 2.65. The molecule has 0 aliphatic heterocycles. The van der Waals surface area contributed by atoms with Crippen LogP contribution >= 0.6 is 0 Å².